The van der Waals surface area contributed by atoms with Gasteiger partial charge in [-0.05, 0) is 40.2 Å². The first-order chi connectivity index (χ1) is 11.7. The lowest BCUT2D eigenvalue weighted by Crippen LogP contribution is -2.29. The molecule has 11 N–H and O–H groups in total. The highest BCUT2D eigenvalue weighted by Gasteiger charge is 2.20. The van der Waals surface area contributed by atoms with E-state index < -0.39 is 42.0 Å². The van der Waals surface area contributed by atoms with Crippen molar-refractivity contribution in [1.82, 2.24) is 5.32 Å². The molecular formula is C14H30N4O8. The Morgan fingerprint density at radius 2 is 1.08 bits per heavy atom. The molecule has 0 radical (unpaired) electrons. The number of rotatable bonds is 4. The Labute approximate surface area is 151 Å². The van der Waals surface area contributed by atoms with Crippen molar-refractivity contribution in [2.45, 2.75) is 57.8 Å². The number of nitrogens with two attached hydrogens (primary N) is 3. The third kappa shape index (κ3) is 21.7. The summed E-state index contributed by atoms with van der Waals surface area (Å²) in [5.74, 6) is -3.61. The number of carbonyl (C=O) groups is 4. The molecule has 1 fully saturated rings. The van der Waals surface area contributed by atoms with Gasteiger partial charge < -0.3 is 42.9 Å². The molecule has 154 valence electrons. The van der Waals surface area contributed by atoms with Crippen LogP contribution >= 0.6 is 0 Å². The van der Waals surface area contributed by atoms with E-state index in [4.69, 9.17) is 37.6 Å². The van der Waals surface area contributed by atoms with E-state index in [9.17, 15) is 19.2 Å². The minimum Gasteiger partial charge on any atom is -0.480 e. The van der Waals surface area contributed by atoms with Gasteiger partial charge in [-0.15, -0.1) is 0 Å². The van der Waals surface area contributed by atoms with Gasteiger partial charge in [0.2, 0.25) is 0 Å². The van der Waals surface area contributed by atoms with Crippen LogP contribution in [0.15, 0.2) is 0 Å². The second kappa shape index (κ2) is 16.2. The monoisotopic (exact) mass is 382 g/mol. The van der Waals surface area contributed by atoms with Gasteiger partial charge in [-0.25, -0.2) is 0 Å². The molecule has 0 aromatic carbocycles. The summed E-state index contributed by atoms with van der Waals surface area (Å²) in [6, 6.07) is -2.46. The summed E-state index contributed by atoms with van der Waals surface area (Å²) in [6.07, 6.45) is 1.78. The zero-order chi connectivity index (χ0) is 21.4. The second-order valence-corrected chi connectivity index (χ2v) is 5.37. The molecule has 12 heteroatoms. The third-order valence-corrected chi connectivity index (χ3v) is 2.53. The van der Waals surface area contributed by atoms with Gasteiger partial charge in [0.25, 0.3) is 0 Å². The van der Waals surface area contributed by atoms with E-state index in [1.165, 1.54) is 20.8 Å². The van der Waals surface area contributed by atoms with Crippen molar-refractivity contribution >= 4 is 23.9 Å². The Balaban J connectivity index is -0.000000275. The van der Waals surface area contributed by atoms with Gasteiger partial charge in [0.15, 0.2) is 0 Å². The minimum absolute atomic E-state index is 0.269. The Morgan fingerprint density at radius 3 is 1.15 bits per heavy atom. The average molecular weight is 382 g/mol. The quantitative estimate of drug-likeness (QED) is 0.265. The fraction of sp³-hybridized carbons (Fsp3) is 0.714. The van der Waals surface area contributed by atoms with Gasteiger partial charge in [0, 0.05) is 0 Å². The average Bonchev–Trinajstić information content (AvgIpc) is 3.03. The first-order valence-electron chi connectivity index (χ1n) is 7.65. The third-order valence-electron chi connectivity index (χ3n) is 2.53. The molecule has 0 saturated carbocycles. The van der Waals surface area contributed by atoms with E-state index in [-0.39, 0.29) is 6.04 Å². The van der Waals surface area contributed by atoms with Crippen LogP contribution in [-0.4, -0.2) is 75.0 Å². The summed E-state index contributed by atoms with van der Waals surface area (Å²) in [6.45, 7) is 5.12. The summed E-state index contributed by atoms with van der Waals surface area (Å²) >= 11 is 0. The van der Waals surface area contributed by atoms with E-state index in [2.05, 4.69) is 5.32 Å². The maximum Gasteiger partial charge on any atom is 0.320 e. The van der Waals surface area contributed by atoms with Gasteiger partial charge in [-0.1, -0.05) is 0 Å². The van der Waals surface area contributed by atoms with E-state index in [1.807, 2.05) is 0 Å². The fourth-order valence-corrected chi connectivity index (χ4v) is 0.895. The Morgan fingerprint density at radius 1 is 0.808 bits per heavy atom. The van der Waals surface area contributed by atoms with Crippen LogP contribution in [0.1, 0.15) is 33.6 Å². The SMILES string of the molecule is C[C@H](N)C(=O)O.C[C@H](N)C(=O)O.C[C@H](N)C(=O)O.O=C(O)[C@@H]1CCCN1. The van der Waals surface area contributed by atoms with Crippen LogP contribution in [0.25, 0.3) is 0 Å². The van der Waals surface area contributed by atoms with E-state index >= 15 is 0 Å². The molecule has 0 spiro atoms. The van der Waals surface area contributed by atoms with Crippen molar-refractivity contribution in [2.24, 2.45) is 17.2 Å². The smallest absolute Gasteiger partial charge is 0.320 e. The number of aliphatic carboxylic acids is 4. The first kappa shape index (κ1) is 28.5. The lowest BCUT2D eigenvalue weighted by molar-refractivity contribution is -0.139. The highest BCUT2D eigenvalue weighted by molar-refractivity contribution is 5.74. The van der Waals surface area contributed by atoms with Gasteiger partial charge >= 0.3 is 23.9 Å². The zero-order valence-electron chi connectivity index (χ0n) is 15.1. The summed E-state index contributed by atoms with van der Waals surface area (Å²) in [5.41, 5.74) is 14.5. The molecule has 1 aliphatic rings. The molecule has 0 aromatic rings. The van der Waals surface area contributed by atoms with Crippen molar-refractivity contribution in [1.29, 1.82) is 0 Å². The predicted octanol–water partition coefficient (Wildman–Crippen LogP) is -1.92. The van der Waals surface area contributed by atoms with Crippen molar-refractivity contribution in [2.75, 3.05) is 6.54 Å². The molecule has 1 rings (SSSR count). The van der Waals surface area contributed by atoms with E-state index in [1.54, 1.807) is 0 Å². The van der Waals surface area contributed by atoms with Gasteiger partial charge in [-0.3, -0.25) is 19.2 Å². The van der Waals surface area contributed by atoms with Crippen LogP contribution in [0.5, 0.6) is 0 Å². The molecule has 26 heavy (non-hydrogen) atoms. The number of nitrogens with one attached hydrogen (secondary N) is 1. The topological polar surface area (TPSA) is 239 Å². The van der Waals surface area contributed by atoms with Crippen LogP contribution in [-0.2, 0) is 19.2 Å². The maximum atomic E-state index is 10.1. The van der Waals surface area contributed by atoms with Gasteiger partial charge in [0.1, 0.15) is 24.2 Å². The zero-order valence-corrected chi connectivity index (χ0v) is 15.1. The highest BCUT2D eigenvalue weighted by atomic mass is 16.4. The molecule has 0 aromatic heterocycles. The molecule has 0 bridgehead atoms. The van der Waals surface area contributed by atoms with Crippen LogP contribution in [0.4, 0.5) is 0 Å². The van der Waals surface area contributed by atoms with Crippen LogP contribution in [0.3, 0.4) is 0 Å². The summed E-state index contributed by atoms with van der Waals surface area (Å²) < 4.78 is 0. The molecule has 0 amide bonds. The number of carboxylic acid groups (broad SMARTS) is 4. The highest BCUT2D eigenvalue weighted by Crippen LogP contribution is 2.03. The minimum atomic E-state index is -0.963. The van der Waals surface area contributed by atoms with Crippen molar-refractivity contribution < 1.29 is 39.6 Å². The Kier molecular flexibility index (Phi) is 17.8. The molecular weight excluding hydrogens is 352 g/mol. The Bertz CT molecular complexity index is 392. The van der Waals surface area contributed by atoms with Crippen molar-refractivity contribution in [3.63, 3.8) is 0 Å². The summed E-state index contributed by atoms with van der Waals surface area (Å²) in [4.78, 5) is 38.9. The number of hydrogen-bond donors (Lipinski definition) is 8. The maximum absolute atomic E-state index is 10.1. The van der Waals surface area contributed by atoms with Crippen LogP contribution < -0.4 is 22.5 Å². The molecule has 0 unspecified atom stereocenters. The molecule has 12 nitrogen and oxygen atoms in total. The Hall–Kier alpha value is -2.28. The van der Waals surface area contributed by atoms with Crippen LogP contribution in [0.2, 0.25) is 0 Å². The molecule has 1 heterocycles. The lowest BCUT2D eigenvalue weighted by Gasteiger charge is -1.99. The van der Waals surface area contributed by atoms with Crippen molar-refractivity contribution in [3.05, 3.63) is 0 Å². The molecule has 4 atom stereocenters. The van der Waals surface area contributed by atoms with Crippen LogP contribution in [0, 0.1) is 0 Å². The molecule has 0 aliphatic carbocycles. The standard InChI is InChI=1S/C5H9NO2.3C3H7NO2/c7-5(8)4-2-1-3-6-4;3*1-2(4)3(5)6/h4,6H,1-3H2,(H,7,8);3*2H,4H2,1H3,(H,5,6)/t4-;3*2-/m0000/s1. The normalized spacial score (nSPS) is 18.2. The van der Waals surface area contributed by atoms with E-state index in [0.29, 0.717) is 0 Å². The molecule has 1 aliphatic heterocycles. The van der Waals surface area contributed by atoms with Crippen molar-refractivity contribution in [3.8, 4) is 0 Å². The number of carboxylic acids is 4. The summed E-state index contributed by atoms with van der Waals surface area (Å²) in [7, 11) is 0. The van der Waals surface area contributed by atoms with Gasteiger partial charge in [-0.2, -0.15) is 0 Å². The van der Waals surface area contributed by atoms with Gasteiger partial charge in [0.05, 0.1) is 0 Å². The van der Waals surface area contributed by atoms with E-state index in [0.717, 1.165) is 19.4 Å². The second-order valence-electron chi connectivity index (χ2n) is 5.37. The lowest BCUT2D eigenvalue weighted by atomic mass is 10.2. The first-order valence-corrected chi connectivity index (χ1v) is 7.65. The number of hydrogen-bond acceptors (Lipinski definition) is 8. The predicted molar refractivity (Wildman–Crippen MR) is 92.5 cm³/mol. The fourth-order valence-electron chi connectivity index (χ4n) is 0.895. The largest absolute Gasteiger partial charge is 0.480 e. The molecule has 1 saturated heterocycles. The summed E-state index contributed by atoms with van der Waals surface area (Å²) in [5, 5.41) is 34.8.